The second-order valence-electron chi connectivity index (χ2n) is 3.61. The van der Waals surface area contributed by atoms with Crippen LogP contribution in [0.5, 0.6) is 11.5 Å². The maximum Gasteiger partial charge on any atom is 0.174 e. The first-order chi connectivity index (χ1) is 8.15. The minimum absolute atomic E-state index is 0.707. The molecule has 5 heteroatoms. The zero-order valence-corrected chi connectivity index (χ0v) is 11.5. The van der Waals surface area contributed by atoms with Crippen molar-refractivity contribution in [2.45, 2.75) is 6.92 Å². The quantitative estimate of drug-likeness (QED) is 0.946. The number of ether oxygens (including phenoxy) is 2. The summed E-state index contributed by atoms with van der Waals surface area (Å²) in [7, 11) is 3.25. The fourth-order valence-corrected chi connectivity index (χ4v) is 2.02. The van der Waals surface area contributed by atoms with Gasteiger partial charge in [-0.2, -0.15) is 0 Å². The SMILES string of the molecule is COc1cc(C)c(-c2cnc(Br)[nH]2)cc1OC. The van der Waals surface area contributed by atoms with E-state index >= 15 is 0 Å². The van der Waals surface area contributed by atoms with E-state index in [-0.39, 0.29) is 0 Å². The van der Waals surface area contributed by atoms with Gasteiger partial charge in [0, 0.05) is 5.56 Å². The van der Waals surface area contributed by atoms with Crippen molar-refractivity contribution in [1.29, 1.82) is 0 Å². The number of rotatable bonds is 3. The summed E-state index contributed by atoms with van der Waals surface area (Å²) in [6, 6.07) is 3.89. The number of nitrogens with zero attached hydrogens (tertiary/aromatic N) is 1. The standard InChI is InChI=1S/C12H13BrN2O2/c1-7-4-10(16-2)11(17-3)5-8(7)9-6-14-12(13)15-9/h4-6H,1-3H3,(H,14,15). The normalized spacial score (nSPS) is 10.4. The number of hydrogen-bond donors (Lipinski definition) is 1. The number of nitrogens with one attached hydrogen (secondary N) is 1. The second-order valence-corrected chi connectivity index (χ2v) is 4.36. The van der Waals surface area contributed by atoms with E-state index in [2.05, 4.69) is 25.9 Å². The molecule has 0 saturated carbocycles. The van der Waals surface area contributed by atoms with Gasteiger partial charge in [0.15, 0.2) is 16.2 Å². The van der Waals surface area contributed by atoms with Gasteiger partial charge in [-0.05, 0) is 40.5 Å². The molecule has 0 aliphatic rings. The zero-order chi connectivity index (χ0) is 12.4. The Morgan fingerprint density at radius 1 is 1.18 bits per heavy atom. The Morgan fingerprint density at radius 2 is 1.82 bits per heavy atom. The highest BCUT2D eigenvalue weighted by molar-refractivity contribution is 9.10. The van der Waals surface area contributed by atoms with E-state index in [1.807, 2.05) is 19.1 Å². The zero-order valence-electron chi connectivity index (χ0n) is 9.87. The molecule has 17 heavy (non-hydrogen) atoms. The molecule has 2 rings (SSSR count). The van der Waals surface area contributed by atoms with Gasteiger partial charge in [-0.25, -0.2) is 4.98 Å². The van der Waals surface area contributed by atoms with E-state index in [1.54, 1.807) is 20.4 Å². The molecule has 0 saturated heterocycles. The first-order valence-corrected chi connectivity index (χ1v) is 5.88. The van der Waals surface area contributed by atoms with Crippen molar-refractivity contribution in [3.8, 4) is 22.8 Å². The van der Waals surface area contributed by atoms with Crippen molar-refractivity contribution in [3.63, 3.8) is 0 Å². The lowest BCUT2D eigenvalue weighted by atomic mass is 10.1. The number of aryl methyl sites for hydroxylation is 1. The van der Waals surface area contributed by atoms with Crippen LogP contribution in [0.25, 0.3) is 11.3 Å². The van der Waals surface area contributed by atoms with Crippen LogP contribution in [0.1, 0.15) is 5.56 Å². The second kappa shape index (κ2) is 4.79. The Balaban J connectivity index is 2.55. The van der Waals surface area contributed by atoms with E-state index in [0.717, 1.165) is 22.6 Å². The van der Waals surface area contributed by atoms with Crippen molar-refractivity contribution >= 4 is 15.9 Å². The maximum atomic E-state index is 5.29. The summed E-state index contributed by atoms with van der Waals surface area (Å²) in [6.07, 6.45) is 1.78. The molecule has 90 valence electrons. The molecular formula is C12H13BrN2O2. The fraction of sp³-hybridized carbons (Fsp3) is 0.250. The van der Waals surface area contributed by atoms with Crippen LogP contribution in [0.15, 0.2) is 23.1 Å². The Morgan fingerprint density at radius 3 is 2.35 bits per heavy atom. The molecule has 2 aromatic rings. The van der Waals surface area contributed by atoms with Crippen LogP contribution < -0.4 is 9.47 Å². The minimum Gasteiger partial charge on any atom is -0.493 e. The smallest absolute Gasteiger partial charge is 0.174 e. The third-order valence-electron chi connectivity index (χ3n) is 2.57. The van der Waals surface area contributed by atoms with Crippen molar-refractivity contribution < 1.29 is 9.47 Å². The Kier molecular flexibility index (Phi) is 3.38. The van der Waals surface area contributed by atoms with Crippen LogP contribution in [0.2, 0.25) is 0 Å². The highest BCUT2D eigenvalue weighted by Gasteiger charge is 2.11. The lowest BCUT2D eigenvalue weighted by molar-refractivity contribution is 0.355. The molecule has 1 N–H and O–H groups in total. The summed E-state index contributed by atoms with van der Waals surface area (Å²) < 4.78 is 11.3. The molecule has 4 nitrogen and oxygen atoms in total. The van der Waals surface area contributed by atoms with Gasteiger partial charge in [-0.3, -0.25) is 0 Å². The Labute approximate surface area is 108 Å². The lowest BCUT2D eigenvalue weighted by Crippen LogP contribution is -1.93. The highest BCUT2D eigenvalue weighted by Crippen LogP contribution is 2.34. The first-order valence-electron chi connectivity index (χ1n) is 5.09. The molecule has 1 heterocycles. The van der Waals surface area contributed by atoms with Crippen LogP contribution in [-0.2, 0) is 0 Å². The number of imidazole rings is 1. The average molecular weight is 297 g/mol. The summed E-state index contributed by atoms with van der Waals surface area (Å²) in [5, 5.41) is 0. The van der Waals surface area contributed by atoms with Crippen LogP contribution in [0.4, 0.5) is 0 Å². The van der Waals surface area contributed by atoms with E-state index in [4.69, 9.17) is 9.47 Å². The van der Waals surface area contributed by atoms with Gasteiger partial charge in [0.05, 0.1) is 26.1 Å². The topological polar surface area (TPSA) is 47.1 Å². The highest BCUT2D eigenvalue weighted by atomic mass is 79.9. The summed E-state index contributed by atoms with van der Waals surface area (Å²) in [4.78, 5) is 7.25. The van der Waals surface area contributed by atoms with E-state index in [0.29, 0.717) is 10.5 Å². The number of benzene rings is 1. The van der Waals surface area contributed by atoms with Crippen molar-refractivity contribution in [2.24, 2.45) is 0 Å². The number of aromatic amines is 1. The van der Waals surface area contributed by atoms with Crippen LogP contribution >= 0.6 is 15.9 Å². The Bertz CT molecular complexity index is 537. The molecule has 0 fully saturated rings. The summed E-state index contributed by atoms with van der Waals surface area (Å²) >= 11 is 3.30. The minimum atomic E-state index is 0.707. The maximum absolute atomic E-state index is 5.29. The predicted octanol–water partition coefficient (Wildman–Crippen LogP) is 3.16. The average Bonchev–Trinajstić information content (AvgIpc) is 2.75. The van der Waals surface area contributed by atoms with E-state index in [9.17, 15) is 0 Å². The fourth-order valence-electron chi connectivity index (χ4n) is 1.70. The number of aromatic nitrogens is 2. The predicted molar refractivity (Wildman–Crippen MR) is 69.6 cm³/mol. The molecule has 0 bridgehead atoms. The van der Waals surface area contributed by atoms with Gasteiger partial charge in [-0.1, -0.05) is 0 Å². The van der Waals surface area contributed by atoms with Crippen LogP contribution in [0, 0.1) is 6.92 Å². The molecule has 0 atom stereocenters. The van der Waals surface area contributed by atoms with Crippen LogP contribution in [0.3, 0.4) is 0 Å². The monoisotopic (exact) mass is 296 g/mol. The molecular weight excluding hydrogens is 284 g/mol. The van der Waals surface area contributed by atoms with Crippen molar-refractivity contribution in [2.75, 3.05) is 14.2 Å². The van der Waals surface area contributed by atoms with Gasteiger partial charge in [0.1, 0.15) is 0 Å². The third kappa shape index (κ3) is 2.29. The molecule has 1 aromatic carbocycles. The van der Waals surface area contributed by atoms with Gasteiger partial charge in [0.2, 0.25) is 0 Å². The largest absolute Gasteiger partial charge is 0.493 e. The molecule has 0 aliphatic heterocycles. The number of hydrogen-bond acceptors (Lipinski definition) is 3. The van der Waals surface area contributed by atoms with Gasteiger partial charge >= 0.3 is 0 Å². The third-order valence-corrected chi connectivity index (χ3v) is 2.97. The van der Waals surface area contributed by atoms with Crippen LogP contribution in [-0.4, -0.2) is 24.2 Å². The first kappa shape index (κ1) is 12.0. The molecule has 0 spiro atoms. The van der Waals surface area contributed by atoms with E-state index < -0.39 is 0 Å². The number of methoxy groups -OCH3 is 2. The summed E-state index contributed by atoms with van der Waals surface area (Å²) in [5.41, 5.74) is 3.08. The van der Waals surface area contributed by atoms with Gasteiger partial charge in [-0.15, -0.1) is 0 Å². The Hall–Kier alpha value is -1.49. The van der Waals surface area contributed by atoms with Gasteiger partial charge < -0.3 is 14.5 Å². The van der Waals surface area contributed by atoms with E-state index in [1.165, 1.54) is 0 Å². The lowest BCUT2D eigenvalue weighted by Gasteiger charge is -2.11. The van der Waals surface area contributed by atoms with Gasteiger partial charge in [0.25, 0.3) is 0 Å². The summed E-state index contributed by atoms with van der Waals surface area (Å²) in [6.45, 7) is 2.02. The number of halogens is 1. The van der Waals surface area contributed by atoms with Crippen molar-refractivity contribution in [1.82, 2.24) is 9.97 Å². The molecule has 0 amide bonds. The number of H-pyrrole nitrogens is 1. The summed E-state index contributed by atoms with van der Waals surface area (Å²) in [5.74, 6) is 1.44. The molecule has 0 radical (unpaired) electrons. The molecule has 0 aliphatic carbocycles. The molecule has 1 aromatic heterocycles. The van der Waals surface area contributed by atoms with Crippen molar-refractivity contribution in [3.05, 3.63) is 28.6 Å². The molecule has 0 unspecified atom stereocenters.